The largest absolute Gasteiger partial charge is 0.508 e. The molecule has 2 atom stereocenters. The quantitative estimate of drug-likeness (QED) is 0.890. The third-order valence-electron chi connectivity index (χ3n) is 3.65. The first-order valence-corrected chi connectivity index (χ1v) is 6.88. The van der Waals surface area contributed by atoms with Crippen LogP contribution in [0.25, 0.3) is 0 Å². The van der Waals surface area contributed by atoms with Crippen LogP contribution >= 0.6 is 11.6 Å². The van der Waals surface area contributed by atoms with Crippen LogP contribution in [0.1, 0.15) is 23.5 Å². The van der Waals surface area contributed by atoms with Crippen molar-refractivity contribution in [3.05, 3.63) is 64.7 Å². The molecule has 98 valence electrons. The Morgan fingerprint density at radius 3 is 2.63 bits per heavy atom. The molecule has 1 aliphatic carbocycles. The third-order valence-corrected chi connectivity index (χ3v) is 4.01. The molecule has 0 spiro atoms. The van der Waals surface area contributed by atoms with E-state index in [4.69, 9.17) is 11.6 Å². The minimum Gasteiger partial charge on any atom is -0.508 e. The maximum Gasteiger partial charge on any atom is 0.121 e. The molecular formula is C16H16ClNO. The van der Waals surface area contributed by atoms with Gasteiger partial charge in [0.2, 0.25) is 0 Å². The van der Waals surface area contributed by atoms with Gasteiger partial charge in [-0.1, -0.05) is 48.0 Å². The molecule has 0 bridgehead atoms. The van der Waals surface area contributed by atoms with E-state index in [1.54, 1.807) is 18.2 Å². The van der Waals surface area contributed by atoms with Gasteiger partial charge in [-0.05, 0) is 24.1 Å². The van der Waals surface area contributed by atoms with Gasteiger partial charge in [0.15, 0.2) is 0 Å². The summed E-state index contributed by atoms with van der Waals surface area (Å²) in [4.78, 5) is 0. The second-order valence-corrected chi connectivity index (χ2v) is 5.38. The number of nitrogens with one attached hydrogen (secondary N) is 1. The highest BCUT2D eigenvalue weighted by Gasteiger charge is 2.37. The lowest BCUT2D eigenvalue weighted by molar-refractivity contribution is 0.464. The van der Waals surface area contributed by atoms with Crippen molar-refractivity contribution in [2.75, 3.05) is 0 Å². The summed E-state index contributed by atoms with van der Waals surface area (Å²) in [6.07, 6.45) is 1.15. The SMILES string of the molecule is Oc1cccc(Cl)c1CNC1CC1c1ccccc1. The van der Waals surface area contributed by atoms with Crippen LogP contribution in [0.2, 0.25) is 5.02 Å². The molecule has 2 nitrogen and oxygen atoms in total. The molecule has 0 aliphatic heterocycles. The van der Waals surface area contributed by atoms with Crippen molar-refractivity contribution in [2.45, 2.75) is 24.9 Å². The van der Waals surface area contributed by atoms with Crippen molar-refractivity contribution < 1.29 is 5.11 Å². The van der Waals surface area contributed by atoms with Crippen molar-refractivity contribution in [1.29, 1.82) is 0 Å². The third kappa shape index (κ3) is 2.75. The predicted octanol–water partition coefficient (Wildman–Crippen LogP) is 3.69. The van der Waals surface area contributed by atoms with E-state index in [1.807, 2.05) is 6.07 Å². The zero-order valence-corrected chi connectivity index (χ0v) is 11.3. The average Bonchev–Trinajstić information content (AvgIpc) is 3.19. The average molecular weight is 274 g/mol. The topological polar surface area (TPSA) is 32.3 Å². The molecule has 0 heterocycles. The van der Waals surface area contributed by atoms with Crippen molar-refractivity contribution in [3.8, 4) is 5.75 Å². The number of phenolic OH excluding ortho intramolecular Hbond substituents is 1. The van der Waals surface area contributed by atoms with Gasteiger partial charge in [-0.15, -0.1) is 0 Å². The van der Waals surface area contributed by atoms with Crippen LogP contribution in [0.5, 0.6) is 5.75 Å². The normalized spacial score (nSPS) is 21.3. The summed E-state index contributed by atoms with van der Waals surface area (Å²) in [5.41, 5.74) is 2.16. The van der Waals surface area contributed by atoms with E-state index >= 15 is 0 Å². The number of phenols is 1. The monoisotopic (exact) mass is 273 g/mol. The van der Waals surface area contributed by atoms with Crippen molar-refractivity contribution >= 4 is 11.6 Å². The van der Waals surface area contributed by atoms with Crippen LogP contribution in [0.3, 0.4) is 0 Å². The summed E-state index contributed by atoms with van der Waals surface area (Å²) in [6.45, 7) is 0.611. The predicted molar refractivity (Wildman–Crippen MR) is 77.5 cm³/mol. The first kappa shape index (κ1) is 12.5. The summed E-state index contributed by atoms with van der Waals surface area (Å²) >= 11 is 6.09. The lowest BCUT2D eigenvalue weighted by atomic mass is 10.1. The van der Waals surface area contributed by atoms with Crippen LogP contribution in [0, 0.1) is 0 Å². The summed E-state index contributed by atoms with van der Waals surface area (Å²) in [6, 6.07) is 16.2. The highest BCUT2D eigenvalue weighted by molar-refractivity contribution is 6.31. The number of hydrogen-bond donors (Lipinski definition) is 2. The molecule has 2 N–H and O–H groups in total. The fraction of sp³-hybridized carbons (Fsp3) is 0.250. The molecule has 3 rings (SSSR count). The Bertz CT molecular complexity index is 550. The van der Waals surface area contributed by atoms with Crippen molar-refractivity contribution in [1.82, 2.24) is 5.32 Å². The van der Waals surface area contributed by atoms with Crippen LogP contribution < -0.4 is 5.32 Å². The van der Waals surface area contributed by atoms with Gasteiger partial charge in [0.25, 0.3) is 0 Å². The number of halogens is 1. The maximum atomic E-state index is 9.78. The van der Waals surface area contributed by atoms with E-state index in [1.165, 1.54) is 5.56 Å². The van der Waals surface area contributed by atoms with Gasteiger partial charge in [0.1, 0.15) is 5.75 Å². The molecule has 2 unspecified atom stereocenters. The molecule has 0 amide bonds. The van der Waals surface area contributed by atoms with Gasteiger partial charge < -0.3 is 10.4 Å². The van der Waals surface area contributed by atoms with Gasteiger partial charge >= 0.3 is 0 Å². The molecule has 2 aromatic carbocycles. The zero-order valence-electron chi connectivity index (χ0n) is 10.5. The molecule has 1 fully saturated rings. The highest BCUT2D eigenvalue weighted by atomic mass is 35.5. The standard InChI is InChI=1S/C16H16ClNO/c17-14-7-4-8-16(19)13(14)10-18-15-9-12(15)11-5-2-1-3-6-11/h1-8,12,15,18-19H,9-10H2. The molecule has 0 radical (unpaired) electrons. The maximum absolute atomic E-state index is 9.78. The zero-order chi connectivity index (χ0) is 13.2. The Balaban J connectivity index is 1.60. The molecule has 19 heavy (non-hydrogen) atoms. The number of hydrogen-bond acceptors (Lipinski definition) is 2. The van der Waals surface area contributed by atoms with Gasteiger partial charge in [-0.25, -0.2) is 0 Å². The first-order chi connectivity index (χ1) is 9.25. The molecule has 0 saturated heterocycles. The van der Waals surface area contributed by atoms with Crippen molar-refractivity contribution in [2.24, 2.45) is 0 Å². The minimum absolute atomic E-state index is 0.261. The molecule has 0 aromatic heterocycles. The number of aromatic hydroxyl groups is 1. The van der Waals surface area contributed by atoms with E-state index in [-0.39, 0.29) is 5.75 Å². The summed E-state index contributed by atoms with van der Waals surface area (Å²) in [5.74, 6) is 0.850. The lowest BCUT2D eigenvalue weighted by Crippen LogP contribution is -2.17. The molecule has 1 saturated carbocycles. The smallest absolute Gasteiger partial charge is 0.121 e. The second-order valence-electron chi connectivity index (χ2n) is 4.98. The van der Waals surface area contributed by atoms with Gasteiger partial charge in [-0.3, -0.25) is 0 Å². The lowest BCUT2D eigenvalue weighted by Gasteiger charge is -2.08. The Morgan fingerprint density at radius 1 is 1.11 bits per heavy atom. The fourth-order valence-electron chi connectivity index (χ4n) is 2.44. The van der Waals surface area contributed by atoms with Crippen LogP contribution in [0.15, 0.2) is 48.5 Å². The summed E-state index contributed by atoms with van der Waals surface area (Å²) in [7, 11) is 0. The van der Waals surface area contributed by atoms with Crippen molar-refractivity contribution in [3.63, 3.8) is 0 Å². The molecular weight excluding hydrogens is 258 g/mol. The van der Waals surface area contributed by atoms with Crippen LogP contribution in [-0.2, 0) is 6.54 Å². The van der Waals surface area contributed by atoms with E-state index in [2.05, 4.69) is 29.6 Å². The van der Waals surface area contributed by atoms with E-state index in [0.29, 0.717) is 23.5 Å². The van der Waals surface area contributed by atoms with Crippen LogP contribution in [0.4, 0.5) is 0 Å². The fourth-order valence-corrected chi connectivity index (χ4v) is 2.68. The van der Waals surface area contributed by atoms with Crippen LogP contribution in [-0.4, -0.2) is 11.1 Å². The molecule has 2 aromatic rings. The Hall–Kier alpha value is -1.51. The Labute approximate surface area is 118 Å². The summed E-state index contributed by atoms with van der Waals surface area (Å²) < 4.78 is 0. The Kier molecular flexibility index (Phi) is 3.45. The van der Waals surface area contributed by atoms with E-state index in [9.17, 15) is 5.11 Å². The van der Waals surface area contributed by atoms with Gasteiger partial charge in [-0.2, -0.15) is 0 Å². The van der Waals surface area contributed by atoms with Gasteiger partial charge in [0, 0.05) is 29.1 Å². The second kappa shape index (κ2) is 5.24. The molecule has 3 heteroatoms. The highest BCUT2D eigenvalue weighted by Crippen LogP contribution is 2.41. The summed E-state index contributed by atoms with van der Waals surface area (Å²) in [5, 5.41) is 13.9. The minimum atomic E-state index is 0.261. The number of rotatable bonds is 4. The Morgan fingerprint density at radius 2 is 1.89 bits per heavy atom. The first-order valence-electron chi connectivity index (χ1n) is 6.50. The van der Waals surface area contributed by atoms with E-state index in [0.717, 1.165) is 12.0 Å². The molecule has 1 aliphatic rings. The van der Waals surface area contributed by atoms with E-state index < -0.39 is 0 Å². The number of benzene rings is 2. The van der Waals surface area contributed by atoms with Gasteiger partial charge in [0.05, 0.1) is 0 Å².